The Bertz CT molecular complexity index is 1230. The summed E-state index contributed by atoms with van der Waals surface area (Å²) in [5.74, 6) is -1.09. The number of hydrogen-bond donors (Lipinski definition) is 0. The summed E-state index contributed by atoms with van der Waals surface area (Å²) >= 11 is 3.06. The fraction of sp³-hybridized carbons (Fsp3) is 0.105. The van der Waals surface area contributed by atoms with Gasteiger partial charge in [0.25, 0.3) is 5.56 Å². The topological polar surface area (TPSA) is 57.0 Å². The monoisotopic (exact) mass is 431 g/mol. The predicted octanol–water partition coefficient (Wildman–Crippen LogP) is 4.04. The molecule has 4 aromatic rings. The van der Waals surface area contributed by atoms with Crippen molar-refractivity contribution >= 4 is 37.9 Å². The van der Waals surface area contributed by atoms with E-state index in [1.165, 1.54) is 29.9 Å². The van der Waals surface area contributed by atoms with E-state index in [1.54, 1.807) is 24.4 Å². The number of fused-ring (bicyclic) bond motifs is 3. The molecule has 4 rings (SSSR count). The number of hydrogen-bond acceptors (Lipinski definition) is 4. The molecule has 27 heavy (non-hydrogen) atoms. The first kappa shape index (κ1) is 17.5. The van der Waals surface area contributed by atoms with Crippen LogP contribution in [-0.2, 0) is 6.54 Å². The zero-order valence-electron chi connectivity index (χ0n) is 14.0. The van der Waals surface area contributed by atoms with Crippen LogP contribution in [0, 0.1) is 11.6 Å². The molecule has 0 saturated heterocycles. The largest absolute Gasteiger partial charge is 0.481 e. The van der Waals surface area contributed by atoms with E-state index in [0.29, 0.717) is 27.8 Å². The first-order chi connectivity index (χ1) is 13.0. The van der Waals surface area contributed by atoms with Gasteiger partial charge in [0.1, 0.15) is 11.6 Å². The van der Waals surface area contributed by atoms with Crippen molar-refractivity contribution in [3.63, 3.8) is 0 Å². The molecule has 0 fully saturated rings. The highest BCUT2D eigenvalue weighted by Gasteiger charge is 2.15. The van der Waals surface area contributed by atoms with Crippen LogP contribution in [0.4, 0.5) is 8.78 Å². The van der Waals surface area contributed by atoms with Gasteiger partial charge < -0.3 is 9.30 Å². The van der Waals surface area contributed by atoms with Gasteiger partial charge in [-0.05, 0) is 24.3 Å². The van der Waals surface area contributed by atoms with Crippen molar-refractivity contribution in [3.05, 3.63) is 74.6 Å². The van der Waals surface area contributed by atoms with Crippen LogP contribution in [-0.4, -0.2) is 21.6 Å². The highest BCUT2D eigenvalue weighted by molar-refractivity contribution is 9.10. The van der Waals surface area contributed by atoms with Crippen LogP contribution in [0.3, 0.4) is 0 Å². The molecule has 0 unspecified atom stereocenters. The van der Waals surface area contributed by atoms with E-state index >= 15 is 0 Å². The van der Waals surface area contributed by atoms with Crippen LogP contribution in [0.25, 0.3) is 21.9 Å². The summed E-state index contributed by atoms with van der Waals surface area (Å²) in [4.78, 5) is 21.1. The minimum atomic E-state index is -0.732. The SMILES string of the molecule is COc1ccc2c(ncc3ccc(=O)n(Cc4c(F)cc(Br)cc4F)c32)n1. The zero-order valence-corrected chi connectivity index (χ0v) is 15.6. The van der Waals surface area contributed by atoms with E-state index in [4.69, 9.17) is 4.74 Å². The number of rotatable bonds is 3. The van der Waals surface area contributed by atoms with Gasteiger partial charge in [-0.1, -0.05) is 15.9 Å². The smallest absolute Gasteiger partial charge is 0.251 e. The highest BCUT2D eigenvalue weighted by atomic mass is 79.9. The molecule has 0 aliphatic carbocycles. The Morgan fingerprint density at radius 3 is 2.59 bits per heavy atom. The third-order valence-electron chi connectivity index (χ3n) is 4.28. The summed E-state index contributed by atoms with van der Waals surface area (Å²) in [5, 5.41) is 1.25. The quantitative estimate of drug-likeness (QED) is 0.459. The fourth-order valence-electron chi connectivity index (χ4n) is 3.00. The highest BCUT2D eigenvalue weighted by Crippen LogP contribution is 2.25. The summed E-state index contributed by atoms with van der Waals surface area (Å²) in [6.07, 6.45) is 1.56. The fourth-order valence-corrected chi connectivity index (χ4v) is 3.40. The zero-order chi connectivity index (χ0) is 19.1. The molecule has 0 aliphatic rings. The Kier molecular flexibility index (Phi) is 4.35. The number of benzene rings is 1. The summed E-state index contributed by atoms with van der Waals surface area (Å²) < 4.78 is 35.3. The minimum Gasteiger partial charge on any atom is -0.481 e. The van der Waals surface area contributed by atoms with Crippen LogP contribution in [0.2, 0.25) is 0 Å². The summed E-state index contributed by atoms with van der Waals surface area (Å²) in [6, 6.07) is 8.68. The lowest BCUT2D eigenvalue weighted by molar-refractivity contribution is 0.399. The van der Waals surface area contributed by atoms with E-state index in [2.05, 4.69) is 25.9 Å². The van der Waals surface area contributed by atoms with Gasteiger partial charge in [0.05, 0.1) is 19.2 Å². The van der Waals surface area contributed by atoms with E-state index < -0.39 is 11.6 Å². The minimum absolute atomic E-state index is 0.195. The molecule has 1 aromatic carbocycles. The van der Waals surface area contributed by atoms with E-state index in [0.717, 1.165) is 0 Å². The lowest BCUT2D eigenvalue weighted by Gasteiger charge is -2.13. The van der Waals surface area contributed by atoms with Crippen molar-refractivity contribution in [2.45, 2.75) is 6.54 Å². The number of methoxy groups -OCH3 is 1. The third-order valence-corrected chi connectivity index (χ3v) is 4.73. The normalized spacial score (nSPS) is 11.3. The predicted molar refractivity (Wildman–Crippen MR) is 101 cm³/mol. The molecule has 0 saturated carbocycles. The Morgan fingerprint density at radius 2 is 1.89 bits per heavy atom. The molecule has 0 amide bonds. The Labute approximate surface area is 160 Å². The third kappa shape index (κ3) is 3.06. The van der Waals surface area contributed by atoms with Gasteiger partial charge in [0, 0.05) is 39.1 Å². The van der Waals surface area contributed by atoms with Crippen LogP contribution in [0.15, 0.2) is 51.9 Å². The van der Waals surface area contributed by atoms with Crippen molar-refractivity contribution < 1.29 is 13.5 Å². The van der Waals surface area contributed by atoms with Gasteiger partial charge in [-0.25, -0.2) is 13.8 Å². The second kappa shape index (κ2) is 6.70. The van der Waals surface area contributed by atoms with Crippen molar-refractivity contribution in [3.8, 4) is 5.88 Å². The number of aromatic nitrogens is 3. The van der Waals surface area contributed by atoms with Crippen molar-refractivity contribution in [1.82, 2.24) is 14.5 Å². The van der Waals surface area contributed by atoms with Gasteiger partial charge in [-0.15, -0.1) is 0 Å². The molecule has 8 heteroatoms. The second-order valence-electron chi connectivity index (χ2n) is 5.89. The number of ether oxygens (including phenoxy) is 1. The van der Waals surface area contributed by atoms with Crippen LogP contribution in [0.1, 0.15) is 5.56 Å². The van der Waals surface area contributed by atoms with Gasteiger partial charge >= 0.3 is 0 Å². The first-order valence-electron chi connectivity index (χ1n) is 7.94. The summed E-state index contributed by atoms with van der Waals surface area (Å²) in [5.41, 5.74) is 0.300. The van der Waals surface area contributed by atoms with Crippen LogP contribution < -0.4 is 10.3 Å². The molecule has 3 aromatic heterocycles. The van der Waals surface area contributed by atoms with Crippen LogP contribution >= 0.6 is 15.9 Å². The Morgan fingerprint density at radius 1 is 1.15 bits per heavy atom. The standard InChI is InChI=1S/C19H12BrF2N3O2/c1-27-16-4-3-12-18-10(8-23-19(12)24-16)2-5-17(26)25(18)9-13-14(21)6-11(20)7-15(13)22/h2-8H,9H2,1H3. The molecular weight excluding hydrogens is 420 g/mol. The number of nitrogens with zero attached hydrogens (tertiary/aromatic N) is 3. The maximum Gasteiger partial charge on any atom is 0.251 e. The summed E-state index contributed by atoms with van der Waals surface area (Å²) in [7, 11) is 1.49. The van der Waals surface area contributed by atoms with Crippen molar-refractivity contribution in [2.24, 2.45) is 0 Å². The molecule has 0 spiro atoms. The number of pyridine rings is 3. The van der Waals surface area contributed by atoms with Crippen molar-refractivity contribution in [1.29, 1.82) is 0 Å². The molecule has 5 nitrogen and oxygen atoms in total. The van der Waals surface area contributed by atoms with Crippen LogP contribution in [0.5, 0.6) is 5.88 Å². The van der Waals surface area contributed by atoms with Gasteiger partial charge in [-0.2, -0.15) is 4.98 Å². The average Bonchev–Trinajstić information content (AvgIpc) is 2.65. The molecule has 3 heterocycles. The molecular formula is C19H12BrF2N3O2. The molecule has 136 valence electrons. The molecule has 0 N–H and O–H groups in total. The molecule has 0 bridgehead atoms. The first-order valence-corrected chi connectivity index (χ1v) is 8.74. The van der Waals surface area contributed by atoms with Gasteiger partial charge in [0.15, 0.2) is 5.65 Å². The maximum absolute atomic E-state index is 14.3. The Hall–Kier alpha value is -2.87. The van der Waals surface area contributed by atoms with E-state index in [-0.39, 0.29) is 22.1 Å². The van der Waals surface area contributed by atoms with Crippen molar-refractivity contribution in [2.75, 3.05) is 7.11 Å². The average molecular weight is 432 g/mol. The van der Waals surface area contributed by atoms with E-state index in [9.17, 15) is 13.6 Å². The lowest BCUT2D eigenvalue weighted by Crippen LogP contribution is -2.21. The van der Waals surface area contributed by atoms with Gasteiger partial charge in [-0.3, -0.25) is 4.79 Å². The summed E-state index contributed by atoms with van der Waals surface area (Å²) in [6.45, 7) is -0.258. The van der Waals surface area contributed by atoms with E-state index in [1.807, 2.05) is 0 Å². The Balaban J connectivity index is 2.01. The second-order valence-corrected chi connectivity index (χ2v) is 6.81. The van der Waals surface area contributed by atoms with Gasteiger partial charge in [0.2, 0.25) is 5.88 Å². The molecule has 0 radical (unpaired) electrons. The lowest BCUT2D eigenvalue weighted by atomic mass is 10.1. The number of halogens is 3. The maximum atomic E-state index is 14.3. The molecule has 0 aliphatic heterocycles. The molecule has 0 atom stereocenters.